The van der Waals surface area contributed by atoms with E-state index in [4.69, 9.17) is 5.11 Å². The maximum Gasteiger partial charge on any atom is 0.306 e. The summed E-state index contributed by atoms with van der Waals surface area (Å²) in [5.41, 5.74) is -0.482. The van der Waals surface area contributed by atoms with Gasteiger partial charge in [0.1, 0.15) is 0 Å². The van der Waals surface area contributed by atoms with Crippen LogP contribution >= 0.6 is 0 Å². The number of aliphatic carboxylic acids is 1. The van der Waals surface area contributed by atoms with Crippen LogP contribution in [-0.2, 0) is 4.79 Å². The van der Waals surface area contributed by atoms with Gasteiger partial charge in [-0.25, -0.2) is 0 Å². The maximum absolute atomic E-state index is 10.8. The lowest BCUT2D eigenvalue weighted by Gasteiger charge is -2.43. The molecule has 2 aliphatic rings. The lowest BCUT2D eigenvalue weighted by molar-refractivity contribution is -0.144. The van der Waals surface area contributed by atoms with Crippen molar-refractivity contribution in [2.75, 3.05) is 6.54 Å². The van der Waals surface area contributed by atoms with Gasteiger partial charge in [0.15, 0.2) is 0 Å². The molecule has 0 saturated heterocycles. The van der Waals surface area contributed by atoms with Gasteiger partial charge in [0, 0.05) is 12.1 Å². The number of carbonyl (C=O) groups is 1. The highest BCUT2D eigenvalue weighted by Crippen LogP contribution is 2.35. The Morgan fingerprint density at radius 1 is 1.29 bits per heavy atom. The predicted octanol–water partition coefficient (Wildman–Crippen LogP) is 1.52. The largest absolute Gasteiger partial charge is 0.481 e. The Balaban J connectivity index is 1.79. The van der Waals surface area contributed by atoms with Gasteiger partial charge in [-0.15, -0.1) is 0 Å². The molecule has 0 heterocycles. The highest BCUT2D eigenvalue weighted by Gasteiger charge is 2.38. The molecule has 0 aliphatic heterocycles. The Morgan fingerprint density at radius 3 is 2.29 bits per heavy atom. The van der Waals surface area contributed by atoms with E-state index in [0.717, 1.165) is 0 Å². The van der Waals surface area contributed by atoms with Crippen LogP contribution in [0.3, 0.4) is 0 Å². The number of rotatable bonds is 4. The molecule has 0 spiro atoms. The van der Waals surface area contributed by atoms with Crippen LogP contribution in [0.2, 0.25) is 0 Å². The Labute approximate surface area is 102 Å². The zero-order valence-corrected chi connectivity index (χ0v) is 10.5. The van der Waals surface area contributed by atoms with Gasteiger partial charge in [0.25, 0.3) is 0 Å². The van der Waals surface area contributed by atoms with Crippen LogP contribution in [0.25, 0.3) is 0 Å². The molecule has 0 aromatic carbocycles. The molecule has 2 fully saturated rings. The number of hydrogen-bond acceptors (Lipinski definition) is 3. The average molecular weight is 241 g/mol. The highest BCUT2D eigenvalue weighted by molar-refractivity contribution is 5.70. The second kappa shape index (κ2) is 4.58. The summed E-state index contributed by atoms with van der Waals surface area (Å²) >= 11 is 0. The van der Waals surface area contributed by atoms with Crippen LogP contribution in [0, 0.1) is 5.92 Å². The van der Waals surface area contributed by atoms with Gasteiger partial charge < -0.3 is 15.5 Å². The molecule has 0 aromatic rings. The van der Waals surface area contributed by atoms with Gasteiger partial charge in [-0.05, 0) is 51.9 Å². The molecule has 3 N–H and O–H groups in total. The number of aliphatic hydroxyl groups is 1. The number of nitrogens with one attached hydrogen (secondary N) is 1. The molecule has 17 heavy (non-hydrogen) atoms. The first-order chi connectivity index (χ1) is 7.93. The Morgan fingerprint density at radius 2 is 1.88 bits per heavy atom. The van der Waals surface area contributed by atoms with E-state index in [1.54, 1.807) is 0 Å². The van der Waals surface area contributed by atoms with Crippen molar-refractivity contribution < 1.29 is 15.0 Å². The standard InChI is InChI=1S/C13H23NO3/c1-12(5-2-6-12)14-9-13(17)7-3-10(4-8-13)11(15)16/h10,14,17H,2-9H2,1H3,(H,15,16). The van der Waals surface area contributed by atoms with Gasteiger partial charge in [0.05, 0.1) is 11.5 Å². The lowest BCUT2D eigenvalue weighted by Crippen LogP contribution is -2.55. The number of β-amino-alcohol motifs (C(OH)–C–C–N with tert-alkyl or cyclic N) is 1. The van der Waals surface area contributed by atoms with Crippen molar-refractivity contribution in [1.29, 1.82) is 0 Å². The molecule has 2 saturated carbocycles. The molecule has 98 valence electrons. The minimum Gasteiger partial charge on any atom is -0.481 e. The molecule has 0 unspecified atom stereocenters. The fraction of sp³-hybridized carbons (Fsp3) is 0.923. The van der Waals surface area contributed by atoms with E-state index in [1.165, 1.54) is 19.3 Å². The van der Waals surface area contributed by atoms with Gasteiger partial charge in [-0.3, -0.25) is 4.79 Å². The Bertz CT molecular complexity index is 291. The zero-order chi connectivity index (χ0) is 12.5. The van der Waals surface area contributed by atoms with E-state index in [0.29, 0.717) is 32.2 Å². The van der Waals surface area contributed by atoms with Crippen LogP contribution < -0.4 is 5.32 Å². The second-order valence-electron chi connectivity index (χ2n) is 6.10. The zero-order valence-electron chi connectivity index (χ0n) is 10.5. The van der Waals surface area contributed by atoms with Crippen LogP contribution in [0.1, 0.15) is 51.9 Å². The Kier molecular flexibility index (Phi) is 3.46. The van der Waals surface area contributed by atoms with Crippen molar-refractivity contribution in [1.82, 2.24) is 5.32 Å². The van der Waals surface area contributed by atoms with Crippen molar-refractivity contribution in [3.05, 3.63) is 0 Å². The lowest BCUT2D eigenvalue weighted by atomic mass is 9.75. The van der Waals surface area contributed by atoms with E-state index in [-0.39, 0.29) is 11.5 Å². The van der Waals surface area contributed by atoms with Crippen molar-refractivity contribution in [2.45, 2.75) is 63.0 Å². The van der Waals surface area contributed by atoms with E-state index in [2.05, 4.69) is 12.2 Å². The first kappa shape index (κ1) is 12.8. The van der Waals surface area contributed by atoms with Crippen LogP contribution in [0.5, 0.6) is 0 Å². The molecule has 0 amide bonds. The van der Waals surface area contributed by atoms with Crippen LogP contribution in [0.15, 0.2) is 0 Å². The summed E-state index contributed by atoms with van der Waals surface area (Å²) in [6.07, 6.45) is 6.04. The molecule has 0 atom stereocenters. The molecule has 4 heteroatoms. The number of carboxylic acids is 1. The molecular formula is C13H23NO3. The summed E-state index contributed by atoms with van der Waals surface area (Å²) in [7, 11) is 0. The average Bonchev–Trinajstić information content (AvgIpc) is 2.24. The van der Waals surface area contributed by atoms with Gasteiger partial charge in [-0.2, -0.15) is 0 Å². The first-order valence-corrected chi connectivity index (χ1v) is 6.63. The summed E-state index contributed by atoms with van der Waals surface area (Å²) in [5, 5.41) is 22.8. The first-order valence-electron chi connectivity index (χ1n) is 6.63. The van der Waals surface area contributed by atoms with E-state index >= 15 is 0 Å². The molecule has 4 nitrogen and oxygen atoms in total. The minimum absolute atomic E-state index is 0.208. The molecule has 0 bridgehead atoms. The maximum atomic E-state index is 10.8. The predicted molar refractivity (Wildman–Crippen MR) is 64.8 cm³/mol. The Hall–Kier alpha value is -0.610. The van der Waals surface area contributed by atoms with Gasteiger partial charge in [0.2, 0.25) is 0 Å². The molecule has 0 aromatic heterocycles. The topological polar surface area (TPSA) is 69.6 Å². The third kappa shape index (κ3) is 2.99. The summed E-state index contributed by atoms with van der Waals surface area (Å²) in [4.78, 5) is 10.8. The fourth-order valence-electron chi connectivity index (χ4n) is 2.84. The molecule has 2 rings (SSSR count). The van der Waals surface area contributed by atoms with Crippen molar-refractivity contribution >= 4 is 5.97 Å². The molecule has 2 aliphatic carbocycles. The summed E-state index contributed by atoms with van der Waals surface area (Å²) in [5.74, 6) is -0.972. The van der Waals surface area contributed by atoms with Crippen molar-refractivity contribution in [3.8, 4) is 0 Å². The monoisotopic (exact) mass is 241 g/mol. The van der Waals surface area contributed by atoms with Gasteiger partial charge in [-0.1, -0.05) is 0 Å². The van der Waals surface area contributed by atoms with Gasteiger partial charge >= 0.3 is 5.97 Å². The van der Waals surface area contributed by atoms with Crippen molar-refractivity contribution in [2.24, 2.45) is 5.92 Å². The van der Waals surface area contributed by atoms with Crippen molar-refractivity contribution in [3.63, 3.8) is 0 Å². The highest BCUT2D eigenvalue weighted by atomic mass is 16.4. The molecular weight excluding hydrogens is 218 g/mol. The molecule has 0 radical (unpaired) electrons. The van der Waals surface area contributed by atoms with E-state index in [9.17, 15) is 9.90 Å². The summed E-state index contributed by atoms with van der Waals surface area (Å²) < 4.78 is 0. The third-order valence-electron chi connectivity index (χ3n) is 4.57. The van der Waals surface area contributed by atoms with E-state index < -0.39 is 11.6 Å². The quantitative estimate of drug-likeness (QED) is 0.698. The fourth-order valence-corrected chi connectivity index (χ4v) is 2.84. The second-order valence-corrected chi connectivity index (χ2v) is 6.10. The summed E-state index contributed by atoms with van der Waals surface area (Å²) in [6.45, 7) is 2.80. The normalized spacial score (nSPS) is 36.2. The summed E-state index contributed by atoms with van der Waals surface area (Å²) in [6, 6.07) is 0. The van der Waals surface area contributed by atoms with Crippen LogP contribution in [-0.4, -0.2) is 33.9 Å². The third-order valence-corrected chi connectivity index (χ3v) is 4.57. The number of hydrogen-bond donors (Lipinski definition) is 3. The van der Waals surface area contributed by atoms with E-state index in [1.807, 2.05) is 0 Å². The van der Waals surface area contributed by atoms with Crippen LogP contribution in [0.4, 0.5) is 0 Å². The smallest absolute Gasteiger partial charge is 0.306 e. The number of carboxylic acid groups (broad SMARTS) is 1. The minimum atomic E-state index is -0.717. The SMILES string of the molecule is CC1(NCC2(O)CCC(C(=O)O)CC2)CCC1.